The molecular formula is C24H26N4O3S. The summed E-state index contributed by atoms with van der Waals surface area (Å²) in [6.07, 6.45) is 2.77. The number of rotatable bonds is 10. The second-order valence-corrected chi connectivity index (χ2v) is 8.15. The van der Waals surface area contributed by atoms with Crippen LogP contribution in [0.4, 0.5) is 0 Å². The third kappa shape index (κ3) is 5.08. The van der Waals surface area contributed by atoms with Gasteiger partial charge in [-0.05, 0) is 55.0 Å². The second-order valence-electron chi connectivity index (χ2n) is 7.32. The van der Waals surface area contributed by atoms with E-state index in [0.717, 1.165) is 40.6 Å². The molecule has 1 N–H and O–H groups in total. The number of benzene rings is 2. The van der Waals surface area contributed by atoms with Crippen molar-refractivity contribution >= 4 is 22.2 Å². The van der Waals surface area contributed by atoms with Crippen LogP contribution in [-0.2, 0) is 6.42 Å². The maximum atomic E-state index is 12.5. The molecule has 7 nitrogen and oxygen atoms in total. The van der Waals surface area contributed by atoms with E-state index in [9.17, 15) is 4.79 Å². The van der Waals surface area contributed by atoms with E-state index in [0.29, 0.717) is 31.0 Å². The Kier molecular flexibility index (Phi) is 7.01. The Hall–Kier alpha value is -3.39. The summed E-state index contributed by atoms with van der Waals surface area (Å²) in [5.74, 6) is 2.15. The highest BCUT2D eigenvalue weighted by atomic mass is 32.1. The molecule has 166 valence electrons. The van der Waals surface area contributed by atoms with Gasteiger partial charge in [0.1, 0.15) is 11.5 Å². The van der Waals surface area contributed by atoms with Crippen molar-refractivity contribution in [3.8, 4) is 22.9 Å². The largest absolute Gasteiger partial charge is 0.497 e. The molecule has 4 rings (SSSR count). The van der Waals surface area contributed by atoms with E-state index in [1.165, 1.54) is 11.3 Å². The Morgan fingerprint density at radius 2 is 1.84 bits per heavy atom. The fourth-order valence-corrected chi connectivity index (χ4v) is 4.06. The predicted octanol–water partition coefficient (Wildman–Crippen LogP) is 4.62. The van der Waals surface area contributed by atoms with Crippen LogP contribution >= 0.6 is 11.3 Å². The van der Waals surface area contributed by atoms with Gasteiger partial charge in [-0.25, -0.2) is 4.52 Å². The lowest BCUT2D eigenvalue weighted by Gasteiger charge is -2.07. The molecule has 1 amide bonds. The first-order chi connectivity index (χ1) is 15.7. The summed E-state index contributed by atoms with van der Waals surface area (Å²) in [6, 6.07) is 14.9. The second kappa shape index (κ2) is 10.3. The van der Waals surface area contributed by atoms with Crippen molar-refractivity contribution in [1.29, 1.82) is 0 Å². The van der Waals surface area contributed by atoms with Crippen LogP contribution < -0.4 is 14.8 Å². The maximum Gasteiger partial charge on any atom is 0.251 e. The summed E-state index contributed by atoms with van der Waals surface area (Å²) in [6.45, 7) is 3.33. The number of unbranched alkanes of at least 4 members (excludes halogenated alkanes) is 1. The molecule has 2 heterocycles. The van der Waals surface area contributed by atoms with Crippen molar-refractivity contribution in [2.45, 2.75) is 26.2 Å². The van der Waals surface area contributed by atoms with Gasteiger partial charge in [0, 0.05) is 29.5 Å². The van der Waals surface area contributed by atoms with Gasteiger partial charge >= 0.3 is 0 Å². The van der Waals surface area contributed by atoms with E-state index >= 15 is 0 Å². The highest BCUT2D eigenvalue weighted by Crippen LogP contribution is 2.23. The lowest BCUT2D eigenvalue weighted by Crippen LogP contribution is -2.26. The minimum Gasteiger partial charge on any atom is -0.497 e. The fraction of sp³-hybridized carbons (Fsp3) is 0.292. The molecule has 2 aromatic carbocycles. The smallest absolute Gasteiger partial charge is 0.251 e. The summed E-state index contributed by atoms with van der Waals surface area (Å²) < 4.78 is 12.7. The molecule has 32 heavy (non-hydrogen) atoms. The monoisotopic (exact) mass is 450 g/mol. The van der Waals surface area contributed by atoms with Crippen LogP contribution in [0.3, 0.4) is 0 Å². The topological polar surface area (TPSA) is 77.8 Å². The fourth-order valence-electron chi connectivity index (χ4n) is 3.20. The van der Waals surface area contributed by atoms with Crippen LogP contribution in [0, 0.1) is 0 Å². The van der Waals surface area contributed by atoms with E-state index in [4.69, 9.17) is 9.47 Å². The molecule has 0 bridgehead atoms. The Balaban J connectivity index is 1.34. The Morgan fingerprint density at radius 3 is 2.56 bits per heavy atom. The quantitative estimate of drug-likeness (QED) is 0.357. The number of methoxy groups -OCH3 is 1. The first kappa shape index (κ1) is 21.8. The number of aromatic nitrogens is 3. The van der Waals surface area contributed by atoms with Gasteiger partial charge < -0.3 is 14.8 Å². The highest BCUT2D eigenvalue weighted by Gasteiger charge is 2.12. The van der Waals surface area contributed by atoms with E-state index in [-0.39, 0.29) is 5.91 Å². The SMILES string of the molecule is CCCCOc1ccc(C(=O)NCCc2csc3nc(-c4ccc(OC)cc4)nn23)cc1. The number of thiazole rings is 1. The van der Waals surface area contributed by atoms with Gasteiger partial charge in [0.25, 0.3) is 5.91 Å². The molecule has 2 aromatic heterocycles. The van der Waals surface area contributed by atoms with Crippen LogP contribution in [0.15, 0.2) is 53.9 Å². The van der Waals surface area contributed by atoms with Crippen molar-refractivity contribution in [3.63, 3.8) is 0 Å². The first-order valence-electron chi connectivity index (χ1n) is 10.7. The minimum absolute atomic E-state index is 0.103. The van der Waals surface area contributed by atoms with Crippen LogP contribution in [-0.4, -0.2) is 40.8 Å². The zero-order valence-electron chi connectivity index (χ0n) is 18.2. The van der Waals surface area contributed by atoms with Crippen LogP contribution in [0.5, 0.6) is 11.5 Å². The van der Waals surface area contributed by atoms with Crippen molar-refractivity contribution < 1.29 is 14.3 Å². The van der Waals surface area contributed by atoms with Crippen LogP contribution in [0.25, 0.3) is 16.3 Å². The normalized spacial score (nSPS) is 10.9. The molecule has 0 saturated carbocycles. The van der Waals surface area contributed by atoms with Crippen molar-refractivity contribution in [2.24, 2.45) is 0 Å². The number of fused-ring (bicyclic) bond motifs is 1. The number of hydrogen-bond acceptors (Lipinski definition) is 6. The molecular weight excluding hydrogens is 424 g/mol. The molecule has 0 radical (unpaired) electrons. The van der Waals surface area contributed by atoms with Gasteiger partial charge in [0.2, 0.25) is 4.96 Å². The molecule has 0 aliphatic rings. The average molecular weight is 451 g/mol. The molecule has 4 aromatic rings. The number of nitrogens with one attached hydrogen (secondary N) is 1. The van der Waals surface area contributed by atoms with E-state index in [1.807, 2.05) is 46.3 Å². The van der Waals surface area contributed by atoms with Gasteiger partial charge in [0.05, 0.1) is 19.4 Å². The van der Waals surface area contributed by atoms with Crippen molar-refractivity contribution in [1.82, 2.24) is 19.9 Å². The summed E-state index contributed by atoms with van der Waals surface area (Å²) in [5.41, 5.74) is 2.56. The average Bonchev–Trinajstić information content (AvgIpc) is 3.41. The van der Waals surface area contributed by atoms with Crippen LogP contribution in [0.2, 0.25) is 0 Å². The molecule has 0 aliphatic carbocycles. The van der Waals surface area contributed by atoms with Crippen molar-refractivity contribution in [3.05, 3.63) is 65.2 Å². The number of nitrogens with zero attached hydrogens (tertiary/aromatic N) is 3. The minimum atomic E-state index is -0.103. The van der Waals surface area contributed by atoms with Crippen molar-refractivity contribution in [2.75, 3.05) is 20.3 Å². The van der Waals surface area contributed by atoms with Gasteiger partial charge in [-0.3, -0.25) is 4.79 Å². The van der Waals surface area contributed by atoms with E-state index < -0.39 is 0 Å². The predicted molar refractivity (Wildman–Crippen MR) is 126 cm³/mol. The number of carbonyl (C=O) groups is 1. The molecule has 0 aliphatic heterocycles. The Labute approximate surface area is 191 Å². The molecule has 0 spiro atoms. The number of amides is 1. The first-order valence-corrected chi connectivity index (χ1v) is 11.5. The highest BCUT2D eigenvalue weighted by molar-refractivity contribution is 7.15. The number of hydrogen-bond donors (Lipinski definition) is 1. The Morgan fingerprint density at radius 1 is 1.09 bits per heavy atom. The van der Waals surface area contributed by atoms with Gasteiger partial charge in [-0.15, -0.1) is 16.4 Å². The van der Waals surface area contributed by atoms with Gasteiger partial charge in [0.15, 0.2) is 5.82 Å². The lowest BCUT2D eigenvalue weighted by atomic mass is 10.2. The number of carbonyl (C=O) groups excluding carboxylic acids is 1. The van der Waals surface area contributed by atoms with E-state index in [1.54, 1.807) is 19.2 Å². The summed E-state index contributed by atoms with van der Waals surface area (Å²) in [7, 11) is 1.64. The molecule has 8 heteroatoms. The molecule has 0 fully saturated rings. The molecule has 0 atom stereocenters. The third-order valence-electron chi connectivity index (χ3n) is 5.05. The third-order valence-corrected chi connectivity index (χ3v) is 5.91. The molecule has 0 unspecified atom stereocenters. The zero-order valence-corrected chi connectivity index (χ0v) is 19.0. The van der Waals surface area contributed by atoms with Crippen LogP contribution in [0.1, 0.15) is 35.8 Å². The van der Waals surface area contributed by atoms with Gasteiger partial charge in [-0.2, -0.15) is 4.98 Å². The zero-order chi connectivity index (χ0) is 22.3. The lowest BCUT2D eigenvalue weighted by molar-refractivity contribution is 0.0954. The molecule has 0 saturated heterocycles. The Bertz CT molecular complexity index is 1170. The summed E-state index contributed by atoms with van der Waals surface area (Å²) in [4.78, 5) is 17.9. The summed E-state index contributed by atoms with van der Waals surface area (Å²) in [5, 5.41) is 9.65. The van der Waals surface area contributed by atoms with Gasteiger partial charge in [-0.1, -0.05) is 13.3 Å². The standard InChI is InChI=1S/C24H26N4O3S/c1-3-4-15-31-21-11-7-18(8-12-21)23(29)25-14-13-19-16-32-24-26-22(27-28(19)24)17-5-9-20(30-2)10-6-17/h5-12,16H,3-4,13-15H2,1-2H3,(H,25,29). The maximum absolute atomic E-state index is 12.5. The summed E-state index contributed by atoms with van der Waals surface area (Å²) >= 11 is 1.54. The van der Waals surface area contributed by atoms with E-state index in [2.05, 4.69) is 22.3 Å². The number of ether oxygens (including phenoxy) is 2.